The van der Waals surface area contributed by atoms with Crippen LogP contribution < -0.4 is 5.73 Å². The SMILES string of the molecule is Nc1ncc(-c2nnc(C(F)F)o2)c(CC(F)(F)c2ccc(F)cc2)n1. The minimum atomic E-state index is -3.45. The number of benzene rings is 1. The molecule has 11 heteroatoms. The molecule has 0 fully saturated rings. The molecular weight excluding hydrogens is 361 g/mol. The van der Waals surface area contributed by atoms with E-state index in [2.05, 4.69) is 20.2 Å². The van der Waals surface area contributed by atoms with Crippen LogP contribution in [0.5, 0.6) is 0 Å². The van der Waals surface area contributed by atoms with Crippen LogP contribution in [0.3, 0.4) is 0 Å². The van der Waals surface area contributed by atoms with E-state index in [1.165, 1.54) is 0 Å². The van der Waals surface area contributed by atoms with E-state index in [1.807, 2.05) is 0 Å². The maximum absolute atomic E-state index is 14.5. The monoisotopic (exact) mass is 371 g/mol. The largest absolute Gasteiger partial charge is 0.415 e. The Balaban J connectivity index is 1.98. The number of nitrogens with zero attached hydrogens (tertiary/aromatic N) is 4. The van der Waals surface area contributed by atoms with Crippen molar-refractivity contribution in [2.75, 3.05) is 5.73 Å². The number of rotatable bonds is 5. The predicted octanol–water partition coefficient (Wildman–Crippen LogP) is 3.52. The van der Waals surface area contributed by atoms with Gasteiger partial charge in [0.1, 0.15) is 5.82 Å². The molecule has 0 aliphatic heterocycles. The van der Waals surface area contributed by atoms with Gasteiger partial charge < -0.3 is 10.2 Å². The molecule has 0 aliphatic rings. The third-order valence-corrected chi connectivity index (χ3v) is 3.40. The van der Waals surface area contributed by atoms with E-state index in [0.717, 1.165) is 30.5 Å². The average molecular weight is 371 g/mol. The predicted molar refractivity (Wildman–Crippen MR) is 78.7 cm³/mol. The first kappa shape index (κ1) is 17.7. The van der Waals surface area contributed by atoms with Gasteiger partial charge in [0.15, 0.2) is 0 Å². The van der Waals surface area contributed by atoms with Gasteiger partial charge in [0.25, 0.3) is 17.7 Å². The van der Waals surface area contributed by atoms with Crippen molar-refractivity contribution in [3.8, 4) is 11.5 Å². The molecule has 0 aliphatic carbocycles. The molecule has 0 saturated carbocycles. The van der Waals surface area contributed by atoms with Crippen LogP contribution in [0.1, 0.15) is 23.6 Å². The summed E-state index contributed by atoms with van der Waals surface area (Å²) in [5.41, 5.74) is 4.54. The normalized spacial score (nSPS) is 11.9. The first-order valence-corrected chi connectivity index (χ1v) is 7.13. The molecule has 26 heavy (non-hydrogen) atoms. The summed E-state index contributed by atoms with van der Waals surface area (Å²) in [6.45, 7) is 0. The summed E-state index contributed by atoms with van der Waals surface area (Å²) in [6.07, 6.45) is -2.95. The van der Waals surface area contributed by atoms with Crippen molar-refractivity contribution in [3.05, 3.63) is 53.4 Å². The van der Waals surface area contributed by atoms with E-state index in [4.69, 9.17) is 10.2 Å². The van der Waals surface area contributed by atoms with E-state index in [9.17, 15) is 22.0 Å². The minimum absolute atomic E-state index is 0.152. The number of aromatic nitrogens is 4. The third-order valence-electron chi connectivity index (χ3n) is 3.40. The van der Waals surface area contributed by atoms with Crippen LogP contribution in [0.15, 0.2) is 34.9 Å². The van der Waals surface area contributed by atoms with Gasteiger partial charge in [-0.15, -0.1) is 10.2 Å². The van der Waals surface area contributed by atoms with Crippen molar-refractivity contribution in [2.45, 2.75) is 18.8 Å². The second-order valence-corrected chi connectivity index (χ2v) is 5.22. The molecule has 2 N–H and O–H groups in total. The number of nitrogens with two attached hydrogens (primary N) is 1. The minimum Gasteiger partial charge on any atom is -0.415 e. The van der Waals surface area contributed by atoms with E-state index in [1.54, 1.807) is 0 Å². The molecule has 0 saturated heterocycles. The standard InChI is InChI=1S/C15H10F5N5O/c16-8-3-1-7(2-4-8)15(19,20)5-10-9(6-22-14(21)23-10)12-24-25-13(26-12)11(17)18/h1-4,6,11H,5H2,(H2,21,22,23). The van der Waals surface area contributed by atoms with Crippen LogP contribution in [-0.4, -0.2) is 20.2 Å². The van der Waals surface area contributed by atoms with Crippen LogP contribution in [0.25, 0.3) is 11.5 Å². The Kier molecular flexibility index (Phi) is 4.53. The molecule has 3 rings (SSSR count). The van der Waals surface area contributed by atoms with Gasteiger partial charge in [-0.3, -0.25) is 0 Å². The Bertz CT molecular complexity index is 913. The lowest BCUT2D eigenvalue weighted by Gasteiger charge is -2.17. The van der Waals surface area contributed by atoms with Crippen LogP contribution in [0.2, 0.25) is 0 Å². The number of hydrogen-bond acceptors (Lipinski definition) is 6. The smallest absolute Gasteiger partial charge is 0.314 e. The zero-order valence-electron chi connectivity index (χ0n) is 12.8. The van der Waals surface area contributed by atoms with Crippen molar-refractivity contribution in [3.63, 3.8) is 0 Å². The van der Waals surface area contributed by atoms with Crippen LogP contribution in [-0.2, 0) is 12.3 Å². The summed E-state index contributed by atoms with van der Waals surface area (Å²) in [5, 5.41) is 6.54. The van der Waals surface area contributed by atoms with Crippen LogP contribution in [0, 0.1) is 5.82 Å². The first-order valence-electron chi connectivity index (χ1n) is 7.13. The Hall–Kier alpha value is -3.11. The fraction of sp³-hybridized carbons (Fsp3) is 0.200. The summed E-state index contributed by atoms with van der Waals surface area (Å²) in [6, 6.07) is 3.65. The van der Waals surface area contributed by atoms with Crippen molar-refractivity contribution in [2.24, 2.45) is 0 Å². The Morgan fingerprint density at radius 3 is 2.42 bits per heavy atom. The molecule has 136 valence electrons. The molecule has 0 amide bonds. The summed E-state index contributed by atoms with van der Waals surface area (Å²) in [4.78, 5) is 7.37. The van der Waals surface area contributed by atoms with E-state index < -0.39 is 41.9 Å². The lowest BCUT2D eigenvalue weighted by atomic mass is 10.0. The summed E-state index contributed by atoms with van der Waals surface area (Å²) >= 11 is 0. The van der Waals surface area contributed by atoms with Gasteiger partial charge in [0, 0.05) is 11.8 Å². The first-order chi connectivity index (χ1) is 12.3. The number of halogens is 5. The van der Waals surface area contributed by atoms with Crippen molar-refractivity contribution < 1.29 is 26.4 Å². The Labute approximate surface area is 142 Å². The molecule has 3 aromatic rings. The third kappa shape index (κ3) is 3.60. The molecule has 6 nitrogen and oxygen atoms in total. The van der Waals surface area contributed by atoms with Crippen LogP contribution in [0.4, 0.5) is 27.9 Å². The van der Waals surface area contributed by atoms with Gasteiger partial charge in [-0.1, -0.05) is 12.1 Å². The zero-order chi connectivity index (χ0) is 18.9. The van der Waals surface area contributed by atoms with Gasteiger partial charge in [0.2, 0.25) is 5.95 Å². The van der Waals surface area contributed by atoms with E-state index in [-0.39, 0.29) is 17.2 Å². The second kappa shape index (κ2) is 6.65. The topological polar surface area (TPSA) is 90.7 Å². The number of anilines is 1. The molecule has 0 bridgehead atoms. The molecule has 0 spiro atoms. The number of nitrogen functional groups attached to an aromatic ring is 1. The average Bonchev–Trinajstić information content (AvgIpc) is 3.05. The lowest BCUT2D eigenvalue weighted by Crippen LogP contribution is -2.19. The van der Waals surface area contributed by atoms with Gasteiger partial charge >= 0.3 is 6.43 Å². The highest BCUT2D eigenvalue weighted by Gasteiger charge is 2.34. The number of alkyl halides is 4. The molecule has 0 atom stereocenters. The molecule has 2 aromatic heterocycles. The van der Waals surface area contributed by atoms with E-state index >= 15 is 0 Å². The highest BCUT2D eigenvalue weighted by atomic mass is 19.3. The fourth-order valence-electron chi connectivity index (χ4n) is 2.18. The van der Waals surface area contributed by atoms with E-state index in [0.29, 0.717) is 0 Å². The fourth-order valence-corrected chi connectivity index (χ4v) is 2.18. The molecule has 0 unspecified atom stereocenters. The molecular formula is C15H10F5N5O. The summed E-state index contributed by atoms with van der Waals surface area (Å²) in [5.74, 6) is -5.82. The Morgan fingerprint density at radius 2 is 1.81 bits per heavy atom. The maximum atomic E-state index is 14.5. The van der Waals surface area contributed by atoms with Gasteiger partial charge in [0.05, 0.1) is 17.7 Å². The summed E-state index contributed by atoms with van der Waals surface area (Å²) < 4.78 is 71.9. The lowest BCUT2D eigenvalue weighted by molar-refractivity contribution is -0.00471. The quantitative estimate of drug-likeness (QED) is 0.690. The van der Waals surface area contributed by atoms with Crippen molar-refractivity contribution >= 4 is 5.95 Å². The highest BCUT2D eigenvalue weighted by molar-refractivity contribution is 5.56. The zero-order valence-corrected chi connectivity index (χ0v) is 12.8. The number of hydrogen-bond donors (Lipinski definition) is 1. The van der Waals surface area contributed by atoms with Gasteiger partial charge in [-0.25, -0.2) is 23.1 Å². The molecule has 0 radical (unpaired) electrons. The Morgan fingerprint density at radius 1 is 1.12 bits per heavy atom. The second-order valence-electron chi connectivity index (χ2n) is 5.22. The van der Waals surface area contributed by atoms with Crippen molar-refractivity contribution in [1.82, 2.24) is 20.2 Å². The van der Waals surface area contributed by atoms with Crippen molar-refractivity contribution in [1.29, 1.82) is 0 Å². The molecule has 1 aromatic carbocycles. The van der Waals surface area contributed by atoms with Crippen LogP contribution >= 0.6 is 0 Å². The molecule has 2 heterocycles. The highest BCUT2D eigenvalue weighted by Crippen LogP contribution is 2.35. The maximum Gasteiger partial charge on any atom is 0.314 e. The van der Waals surface area contributed by atoms with Gasteiger partial charge in [-0.2, -0.15) is 8.78 Å². The summed E-state index contributed by atoms with van der Waals surface area (Å²) in [7, 11) is 0. The van der Waals surface area contributed by atoms with Gasteiger partial charge in [-0.05, 0) is 12.1 Å².